The number of aliphatic hydroxyl groups excluding tert-OH is 1. The SMILES string of the molecule is CC(O)C(N)CNc1nc[nH]c(=O)c1I. The third-order valence-electron chi connectivity index (χ3n) is 1.92. The largest absolute Gasteiger partial charge is 0.392 e. The molecule has 0 bridgehead atoms. The van der Waals surface area contributed by atoms with Gasteiger partial charge in [0.2, 0.25) is 0 Å². The average Bonchev–Trinajstić information content (AvgIpc) is 2.19. The molecule has 0 aliphatic carbocycles. The molecular formula is C8H13IN4O2. The zero-order valence-corrected chi connectivity index (χ0v) is 10.4. The van der Waals surface area contributed by atoms with Gasteiger partial charge in [0.1, 0.15) is 9.39 Å². The number of aliphatic hydroxyl groups is 1. The Kier molecular flexibility index (Phi) is 4.48. The molecule has 2 unspecified atom stereocenters. The van der Waals surface area contributed by atoms with Crippen molar-refractivity contribution >= 4 is 28.4 Å². The highest BCUT2D eigenvalue weighted by Crippen LogP contribution is 2.08. The number of aromatic amines is 1. The number of H-pyrrole nitrogens is 1. The Hall–Kier alpha value is -0.670. The lowest BCUT2D eigenvalue weighted by atomic mass is 10.2. The van der Waals surface area contributed by atoms with Crippen molar-refractivity contribution < 1.29 is 5.11 Å². The topological polar surface area (TPSA) is 104 Å². The van der Waals surface area contributed by atoms with Crippen LogP contribution >= 0.6 is 22.6 Å². The van der Waals surface area contributed by atoms with Gasteiger partial charge in [-0.15, -0.1) is 0 Å². The Balaban J connectivity index is 2.66. The second kappa shape index (κ2) is 5.42. The fourth-order valence-electron chi connectivity index (χ4n) is 0.891. The second-order valence-electron chi connectivity index (χ2n) is 3.18. The smallest absolute Gasteiger partial charge is 0.266 e. The van der Waals surface area contributed by atoms with Crippen LogP contribution in [0.15, 0.2) is 11.1 Å². The van der Waals surface area contributed by atoms with Crippen LogP contribution in [0.4, 0.5) is 5.82 Å². The highest BCUT2D eigenvalue weighted by atomic mass is 127. The molecule has 1 aromatic heterocycles. The highest BCUT2D eigenvalue weighted by Gasteiger charge is 2.10. The number of nitrogens with one attached hydrogen (secondary N) is 2. The van der Waals surface area contributed by atoms with Gasteiger partial charge < -0.3 is 21.1 Å². The third-order valence-corrected chi connectivity index (χ3v) is 2.92. The van der Waals surface area contributed by atoms with Crippen LogP contribution in [-0.2, 0) is 0 Å². The van der Waals surface area contributed by atoms with Crippen molar-refractivity contribution in [3.05, 3.63) is 20.3 Å². The lowest BCUT2D eigenvalue weighted by molar-refractivity contribution is 0.168. The van der Waals surface area contributed by atoms with Crippen LogP contribution in [0.1, 0.15) is 6.92 Å². The fraction of sp³-hybridized carbons (Fsp3) is 0.500. The first kappa shape index (κ1) is 12.4. The van der Waals surface area contributed by atoms with E-state index in [1.54, 1.807) is 6.92 Å². The van der Waals surface area contributed by atoms with Crippen molar-refractivity contribution in [1.82, 2.24) is 9.97 Å². The minimum Gasteiger partial charge on any atom is -0.392 e. The van der Waals surface area contributed by atoms with Gasteiger partial charge in [-0.1, -0.05) is 0 Å². The molecule has 0 fully saturated rings. The molecule has 0 radical (unpaired) electrons. The molecule has 0 amide bonds. The van der Waals surface area contributed by atoms with Crippen LogP contribution in [-0.4, -0.2) is 33.8 Å². The number of rotatable bonds is 4. The van der Waals surface area contributed by atoms with Crippen molar-refractivity contribution in [3.8, 4) is 0 Å². The maximum Gasteiger partial charge on any atom is 0.266 e. The van der Waals surface area contributed by atoms with E-state index in [1.807, 2.05) is 22.6 Å². The summed E-state index contributed by atoms with van der Waals surface area (Å²) in [6, 6.07) is -0.387. The number of anilines is 1. The Labute approximate surface area is 100 Å². The van der Waals surface area contributed by atoms with E-state index in [-0.39, 0.29) is 11.6 Å². The summed E-state index contributed by atoms with van der Waals surface area (Å²) in [5.74, 6) is 0.482. The number of hydrogen-bond donors (Lipinski definition) is 4. The van der Waals surface area contributed by atoms with Crippen LogP contribution in [0, 0.1) is 3.57 Å². The number of hydrogen-bond acceptors (Lipinski definition) is 5. The first-order valence-electron chi connectivity index (χ1n) is 4.43. The Morgan fingerprint density at radius 3 is 3.07 bits per heavy atom. The molecular weight excluding hydrogens is 311 g/mol. The maximum absolute atomic E-state index is 11.2. The minimum absolute atomic E-state index is 0.196. The van der Waals surface area contributed by atoms with Gasteiger partial charge in [0.25, 0.3) is 5.56 Å². The number of nitrogens with zero attached hydrogens (tertiary/aromatic N) is 1. The molecule has 7 heteroatoms. The molecule has 6 nitrogen and oxygen atoms in total. The van der Waals surface area contributed by atoms with Crippen LogP contribution in [0.2, 0.25) is 0 Å². The van der Waals surface area contributed by atoms with E-state index in [1.165, 1.54) is 6.33 Å². The molecule has 5 N–H and O–H groups in total. The van der Waals surface area contributed by atoms with E-state index >= 15 is 0 Å². The second-order valence-corrected chi connectivity index (χ2v) is 4.26. The van der Waals surface area contributed by atoms with Gasteiger partial charge in [-0.05, 0) is 29.5 Å². The quantitative estimate of drug-likeness (QED) is 0.559. The molecule has 0 aliphatic rings. The summed E-state index contributed by atoms with van der Waals surface area (Å²) in [6.07, 6.45) is 0.720. The molecule has 1 aromatic rings. The summed E-state index contributed by atoms with van der Waals surface area (Å²) in [7, 11) is 0. The summed E-state index contributed by atoms with van der Waals surface area (Å²) in [5, 5.41) is 12.1. The summed E-state index contributed by atoms with van der Waals surface area (Å²) in [4.78, 5) is 17.6. The molecule has 1 heterocycles. The number of aromatic nitrogens is 2. The van der Waals surface area contributed by atoms with Crippen LogP contribution in [0.3, 0.4) is 0 Å². The van der Waals surface area contributed by atoms with E-state index in [4.69, 9.17) is 10.8 Å². The van der Waals surface area contributed by atoms with Gasteiger partial charge in [-0.3, -0.25) is 4.79 Å². The third kappa shape index (κ3) is 3.43. The van der Waals surface area contributed by atoms with E-state index in [2.05, 4.69) is 15.3 Å². The maximum atomic E-state index is 11.2. The molecule has 2 atom stereocenters. The van der Waals surface area contributed by atoms with Crippen LogP contribution in [0.5, 0.6) is 0 Å². The van der Waals surface area contributed by atoms with E-state index < -0.39 is 6.10 Å². The van der Waals surface area contributed by atoms with Gasteiger partial charge in [0, 0.05) is 12.6 Å². The predicted molar refractivity (Wildman–Crippen MR) is 65.7 cm³/mol. The van der Waals surface area contributed by atoms with Crippen molar-refractivity contribution in [2.45, 2.75) is 19.1 Å². The standard InChI is InChI=1S/C8H13IN4O2/c1-4(14)5(10)2-11-7-6(9)8(15)13-3-12-7/h3-5,14H,2,10H2,1H3,(H2,11,12,13,15). The first-order valence-corrected chi connectivity index (χ1v) is 5.51. The van der Waals surface area contributed by atoms with Crippen molar-refractivity contribution in [1.29, 1.82) is 0 Å². The first-order chi connectivity index (χ1) is 7.02. The summed E-state index contributed by atoms with van der Waals surface area (Å²) < 4.78 is 0.480. The average molecular weight is 324 g/mol. The van der Waals surface area contributed by atoms with Crippen molar-refractivity contribution in [3.63, 3.8) is 0 Å². The summed E-state index contributed by atoms with van der Waals surface area (Å²) in [6.45, 7) is 1.98. The van der Waals surface area contributed by atoms with Crippen molar-refractivity contribution in [2.75, 3.05) is 11.9 Å². The van der Waals surface area contributed by atoms with E-state index in [0.29, 0.717) is 15.9 Å². The summed E-state index contributed by atoms with van der Waals surface area (Å²) >= 11 is 1.90. The zero-order valence-electron chi connectivity index (χ0n) is 8.20. The van der Waals surface area contributed by atoms with Gasteiger partial charge in [0.15, 0.2) is 0 Å². The lowest BCUT2D eigenvalue weighted by Crippen LogP contribution is -2.39. The monoisotopic (exact) mass is 324 g/mol. The molecule has 1 rings (SSSR count). The Morgan fingerprint density at radius 2 is 2.47 bits per heavy atom. The van der Waals surface area contributed by atoms with Crippen LogP contribution < -0.4 is 16.6 Å². The lowest BCUT2D eigenvalue weighted by Gasteiger charge is -2.15. The predicted octanol–water partition coefficient (Wildman–Crippen LogP) is -0.506. The van der Waals surface area contributed by atoms with E-state index in [0.717, 1.165) is 0 Å². The van der Waals surface area contributed by atoms with Crippen molar-refractivity contribution in [2.24, 2.45) is 5.73 Å². The molecule has 0 spiro atoms. The zero-order chi connectivity index (χ0) is 11.4. The Morgan fingerprint density at radius 1 is 1.80 bits per heavy atom. The molecule has 0 aliphatic heterocycles. The summed E-state index contributed by atoms with van der Waals surface area (Å²) in [5.41, 5.74) is 5.43. The number of halogens is 1. The minimum atomic E-state index is -0.600. The molecule has 15 heavy (non-hydrogen) atoms. The highest BCUT2D eigenvalue weighted by molar-refractivity contribution is 14.1. The van der Waals surface area contributed by atoms with Crippen LogP contribution in [0.25, 0.3) is 0 Å². The number of nitrogens with two attached hydrogens (primary N) is 1. The Bertz CT molecular complexity index is 379. The molecule has 84 valence electrons. The van der Waals surface area contributed by atoms with Gasteiger partial charge in [-0.25, -0.2) is 4.98 Å². The van der Waals surface area contributed by atoms with E-state index in [9.17, 15) is 4.79 Å². The molecule has 0 saturated carbocycles. The van der Waals surface area contributed by atoms with Gasteiger partial charge in [-0.2, -0.15) is 0 Å². The fourth-order valence-corrected chi connectivity index (χ4v) is 1.38. The van der Waals surface area contributed by atoms with Gasteiger partial charge in [0.05, 0.1) is 12.4 Å². The normalized spacial score (nSPS) is 14.7. The molecule has 0 saturated heterocycles. The van der Waals surface area contributed by atoms with Gasteiger partial charge >= 0.3 is 0 Å². The molecule has 0 aromatic carbocycles.